The first kappa shape index (κ1) is 30.1. The lowest BCUT2D eigenvalue weighted by molar-refractivity contribution is -0.292. The zero-order chi connectivity index (χ0) is 29.5. The van der Waals surface area contributed by atoms with Crippen molar-refractivity contribution in [3.8, 4) is 6.07 Å². The number of nitriles is 1. The molecule has 0 radical (unpaired) electrons. The number of methoxy groups -OCH3 is 1. The molecule has 0 bridgehead atoms. The lowest BCUT2D eigenvalue weighted by atomic mass is 9.99. The molecule has 1 amide bonds. The smallest absolute Gasteiger partial charge is 0.262 e. The number of anilines is 1. The molecule has 2 heterocycles. The van der Waals surface area contributed by atoms with Crippen LogP contribution in [0.5, 0.6) is 0 Å². The summed E-state index contributed by atoms with van der Waals surface area (Å²) in [5.41, 5.74) is 2.31. The molecule has 0 spiro atoms. The summed E-state index contributed by atoms with van der Waals surface area (Å²) in [6.45, 7) is 0.522. The van der Waals surface area contributed by atoms with Crippen molar-refractivity contribution in [1.82, 2.24) is 20.3 Å². The van der Waals surface area contributed by atoms with Crippen molar-refractivity contribution in [2.24, 2.45) is 0 Å². The van der Waals surface area contributed by atoms with E-state index in [2.05, 4.69) is 21.7 Å². The Hall–Kier alpha value is -3.90. The van der Waals surface area contributed by atoms with Crippen LogP contribution in [0.2, 0.25) is 0 Å². The van der Waals surface area contributed by atoms with Crippen molar-refractivity contribution in [3.05, 3.63) is 59.4 Å². The molecular weight excluding hydrogens is 532 g/mol. The van der Waals surface area contributed by atoms with Crippen LogP contribution < -0.4 is 10.2 Å². The summed E-state index contributed by atoms with van der Waals surface area (Å²) in [5.74, 6) is -0.502. The number of carbonyl (C=O) groups is 1. The number of hydrogen-bond acceptors (Lipinski definition) is 11. The maximum Gasteiger partial charge on any atom is 0.262 e. The van der Waals surface area contributed by atoms with Gasteiger partial charge in [-0.15, -0.1) is 5.10 Å². The number of hydrogen-bond donors (Lipinski definition) is 4. The zero-order valence-corrected chi connectivity index (χ0v) is 23.0. The fourth-order valence-corrected chi connectivity index (χ4v) is 4.38. The van der Waals surface area contributed by atoms with Crippen LogP contribution in [0.4, 0.5) is 5.69 Å². The van der Waals surface area contributed by atoms with Gasteiger partial charge in [-0.05, 0) is 40.6 Å². The summed E-state index contributed by atoms with van der Waals surface area (Å²) >= 11 is 0. The molecule has 0 saturated carbocycles. The molecule has 2 aromatic carbocycles. The van der Waals surface area contributed by atoms with Crippen LogP contribution in [-0.4, -0.2) is 101 Å². The number of amides is 1. The van der Waals surface area contributed by atoms with Gasteiger partial charge >= 0.3 is 0 Å². The third kappa shape index (κ3) is 7.44. The zero-order valence-electron chi connectivity index (χ0n) is 23.0. The third-order valence-corrected chi connectivity index (χ3v) is 6.68. The second kappa shape index (κ2) is 13.6. The van der Waals surface area contributed by atoms with E-state index in [0.29, 0.717) is 5.69 Å². The van der Waals surface area contributed by atoms with Crippen molar-refractivity contribution in [1.29, 1.82) is 5.26 Å². The van der Waals surface area contributed by atoms with Gasteiger partial charge in [0.05, 0.1) is 26.0 Å². The van der Waals surface area contributed by atoms with Crippen molar-refractivity contribution in [2.75, 3.05) is 39.3 Å². The number of benzene rings is 2. The van der Waals surface area contributed by atoms with Crippen LogP contribution in [-0.2, 0) is 32.2 Å². The number of aromatic nitrogens is 3. The SMILES string of the molecule is CO[C@H]1O[C@H](Cn2cc(COCCNC(=O)/C(C#N)=C/c3ccc4cc(N(C)C)ccc4c3)nn2)[C@@H](O)[C@H](O)[C@H]1O. The molecule has 0 unspecified atom stereocenters. The van der Waals surface area contributed by atoms with Gasteiger partial charge in [0.15, 0.2) is 6.29 Å². The Morgan fingerprint density at radius 2 is 1.93 bits per heavy atom. The molecule has 1 aliphatic rings. The highest BCUT2D eigenvalue weighted by molar-refractivity contribution is 6.02. The molecule has 1 saturated heterocycles. The molecule has 0 aliphatic carbocycles. The number of rotatable bonds is 11. The average Bonchev–Trinajstić information content (AvgIpc) is 3.42. The van der Waals surface area contributed by atoms with E-state index in [1.165, 1.54) is 11.8 Å². The number of ether oxygens (including phenoxy) is 3. The van der Waals surface area contributed by atoms with E-state index in [9.17, 15) is 25.4 Å². The Labute approximate surface area is 237 Å². The first-order chi connectivity index (χ1) is 19.7. The van der Waals surface area contributed by atoms with Gasteiger partial charge in [0.2, 0.25) is 0 Å². The minimum absolute atomic E-state index is 0.0160. The predicted octanol–water partition coefficient (Wildman–Crippen LogP) is 0.191. The molecule has 13 heteroatoms. The number of aliphatic hydroxyl groups is 3. The summed E-state index contributed by atoms with van der Waals surface area (Å²) < 4.78 is 17.5. The molecule has 1 aliphatic heterocycles. The molecular formula is C28H34N6O7. The Morgan fingerprint density at radius 1 is 1.17 bits per heavy atom. The molecule has 1 fully saturated rings. The van der Waals surface area contributed by atoms with Gasteiger partial charge in [0, 0.05) is 33.4 Å². The lowest BCUT2D eigenvalue weighted by Crippen LogP contribution is -2.58. The van der Waals surface area contributed by atoms with Crippen molar-refractivity contribution in [3.63, 3.8) is 0 Å². The number of nitrogens with zero attached hydrogens (tertiary/aromatic N) is 5. The molecule has 4 rings (SSSR count). The van der Waals surface area contributed by atoms with Crippen LogP contribution in [0.15, 0.2) is 48.2 Å². The minimum atomic E-state index is -1.43. The number of aliphatic hydroxyl groups excluding tert-OH is 3. The molecule has 218 valence electrons. The highest BCUT2D eigenvalue weighted by atomic mass is 16.7. The van der Waals surface area contributed by atoms with Crippen LogP contribution in [0.3, 0.4) is 0 Å². The topological polar surface area (TPSA) is 175 Å². The third-order valence-electron chi connectivity index (χ3n) is 6.68. The highest BCUT2D eigenvalue weighted by Crippen LogP contribution is 2.24. The second-order valence-electron chi connectivity index (χ2n) is 9.85. The molecule has 1 aromatic heterocycles. The number of fused-ring (bicyclic) bond motifs is 1. The van der Waals surface area contributed by atoms with Crippen LogP contribution >= 0.6 is 0 Å². The Kier molecular flexibility index (Phi) is 10.0. The Morgan fingerprint density at radius 3 is 2.66 bits per heavy atom. The van der Waals surface area contributed by atoms with E-state index >= 15 is 0 Å². The Balaban J connectivity index is 1.23. The van der Waals surface area contributed by atoms with Crippen molar-refractivity contribution >= 4 is 28.4 Å². The van der Waals surface area contributed by atoms with Gasteiger partial charge < -0.3 is 39.7 Å². The van der Waals surface area contributed by atoms with Crippen molar-refractivity contribution in [2.45, 2.75) is 43.9 Å². The largest absolute Gasteiger partial charge is 0.388 e. The quantitative estimate of drug-likeness (QED) is 0.142. The van der Waals surface area contributed by atoms with Crippen molar-refractivity contribution < 1.29 is 34.3 Å². The summed E-state index contributed by atoms with van der Waals surface area (Å²) in [6, 6.07) is 13.8. The lowest BCUT2D eigenvalue weighted by Gasteiger charge is -2.39. The molecule has 3 aromatic rings. The fourth-order valence-electron chi connectivity index (χ4n) is 4.38. The molecule has 5 atom stereocenters. The highest BCUT2D eigenvalue weighted by Gasteiger charge is 2.44. The predicted molar refractivity (Wildman–Crippen MR) is 148 cm³/mol. The van der Waals surface area contributed by atoms with E-state index in [4.69, 9.17) is 14.2 Å². The van der Waals surface area contributed by atoms with Crippen LogP contribution in [0.25, 0.3) is 16.8 Å². The minimum Gasteiger partial charge on any atom is -0.388 e. The summed E-state index contributed by atoms with van der Waals surface area (Å²) in [7, 11) is 5.28. The standard InChI is InChI=1S/C28H34N6O7/c1-33(2)22-7-6-18-10-17(4-5-19(18)12-22)11-20(13-29)27(38)30-8-9-40-16-21-14-34(32-31-21)15-23-24(35)25(36)26(37)28(39-3)41-23/h4-7,10-12,14,23-26,28,35-37H,8-9,15-16H2,1-3H3,(H,30,38)/b20-11+/t23-,24-,25+,26-,28+/m1/s1. The first-order valence-electron chi connectivity index (χ1n) is 13.0. The molecule has 13 nitrogen and oxygen atoms in total. The van der Waals surface area contributed by atoms with Crippen LogP contribution in [0, 0.1) is 11.3 Å². The van der Waals surface area contributed by atoms with Gasteiger partial charge in [0.1, 0.15) is 41.8 Å². The maximum absolute atomic E-state index is 12.5. The van der Waals surface area contributed by atoms with E-state index in [1.54, 1.807) is 12.3 Å². The van der Waals surface area contributed by atoms with Gasteiger partial charge in [-0.1, -0.05) is 23.4 Å². The monoisotopic (exact) mass is 566 g/mol. The van der Waals surface area contributed by atoms with Gasteiger partial charge in [0.25, 0.3) is 5.91 Å². The average molecular weight is 567 g/mol. The number of carbonyl (C=O) groups excluding carboxylic acids is 1. The maximum atomic E-state index is 12.5. The Bertz CT molecular complexity index is 1420. The van der Waals surface area contributed by atoms with E-state index in [0.717, 1.165) is 22.0 Å². The normalized spacial score (nSPS) is 22.9. The fraction of sp³-hybridized carbons (Fsp3) is 0.429. The summed E-state index contributed by atoms with van der Waals surface area (Å²) in [6.07, 6.45) is -2.96. The van der Waals surface area contributed by atoms with E-state index in [1.807, 2.05) is 55.4 Å². The summed E-state index contributed by atoms with van der Waals surface area (Å²) in [4.78, 5) is 14.6. The van der Waals surface area contributed by atoms with E-state index in [-0.39, 0.29) is 31.9 Å². The molecule has 4 N–H and O–H groups in total. The van der Waals surface area contributed by atoms with E-state index < -0.39 is 36.6 Å². The van der Waals surface area contributed by atoms with Gasteiger partial charge in [-0.2, -0.15) is 5.26 Å². The number of nitrogens with one attached hydrogen (secondary N) is 1. The summed E-state index contributed by atoms with van der Waals surface area (Å²) in [5, 5.41) is 52.3. The van der Waals surface area contributed by atoms with Crippen LogP contribution in [0.1, 0.15) is 11.3 Å². The van der Waals surface area contributed by atoms with Gasteiger partial charge in [-0.3, -0.25) is 4.79 Å². The first-order valence-corrected chi connectivity index (χ1v) is 13.0. The van der Waals surface area contributed by atoms with Gasteiger partial charge in [-0.25, -0.2) is 4.68 Å². The second-order valence-corrected chi connectivity index (χ2v) is 9.85. The molecule has 41 heavy (non-hydrogen) atoms.